The monoisotopic (exact) mass is 281 g/mol. The molecule has 2 rings (SSSR count). The molecule has 0 bridgehead atoms. The van der Waals surface area contributed by atoms with Gasteiger partial charge in [-0.05, 0) is 45.8 Å². The number of hydrogen-bond acceptors (Lipinski definition) is 2. The van der Waals surface area contributed by atoms with E-state index in [1.54, 1.807) is 24.5 Å². The van der Waals surface area contributed by atoms with E-state index in [1.165, 1.54) is 6.07 Å². The molecule has 2 aromatic rings. The third-order valence-corrected chi connectivity index (χ3v) is 2.67. The van der Waals surface area contributed by atoms with E-state index in [4.69, 9.17) is 4.74 Å². The van der Waals surface area contributed by atoms with Crippen molar-refractivity contribution in [3.63, 3.8) is 0 Å². The number of nitrogens with zero attached hydrogens (tertiary/aromatic N) is 1. The highest BCUT2D eigenvalue weighted by molar-refractivity contribution is 9.10. The molecular weight excluding hydrogens is 273 g/mol. The van der Waals surface area contributed by atoms with Gasteiger partial charge in [-0.15, -0.1) is 0 Å². The zero-order valence-corrected chi connectivity index (χ0v) is 9.95. The van der Waals surface area contributed by atoms with Gasteiger partial charge < -0.3 is 4.74 Å². The third-order valence-electron chi connectivity index (χ3n) is 2.02. The second-order valence-corrected chi connectivity index (χ2v) is 4.08. The molecule has 16 heavy (non-hydrogen) atoms. The fourth-order valence-electron chi connectivity index (χ4n) is 1.23. The first-order valence-electron chi connectivity index (χ1n) is 4.72. The van der Waals surface area contributed by atoms with Crippen LogP contribution in [-0.2, 0) is 6.61 Å². The van der Waals surface area contributed by atoms with Gasteiger partial charge in [-0.3, -0.25) is 4.98 Å². The predicted molar refractivity (Wildman–Crippen MR) is 62.7 cm³/mol. The van der Waals surface area contributed by atoms with Crippen LogP contribution < -0.4 is 4.74 Å². The van der Waals surface area contributed by atoms with Gasteiger partial charge in [0, 0.05) is 6.20 Å². The van der Waals surface area contributed by atoms with Crippen LogP contribution in [0.4, 0.5) is 4.39 Å². The van der Waals surface area contributed by atoms with Crippen LogP contribution in [0, 0.1) is 5.82 Å². The Hall–Kier alpha value is -1.42. The van der Waals surface area contributed by atoms with Gasteiger partial charge in [0.05, 0.1) is 10.7 Å². The molecule has 2 nitrogen and oxygen atoms in total. The largest absolute Gasteiger partial charge is 0.487 e. The molecule has 0 saturated heterocycles. The Morgan fingerprint density at radius 1 is 1.31 bits per heavy atom. The molecule has 0 amide bonds. The van der Waals surface area contributed by atoms with Crippen LogP contribution in [0.2, 0.25) is 0 Å². The molecule has 1 aromatic carbocycles. The lowest BCUT2D eigenvalue weighted by molar-refractivity contribution is 0.304. The Bertz CT molecular complexity index is 476. The minimum absolute atomic E-state index is 0.285. The molecule has 1 heterocycles. The van der Waals surface area contributed by atoms with Gasteiger partial charge in [0.15, 0.2) is 0 Å². The third kappa shape index (κ3) is 2.79. The summed E-state index contributed by atoms with van der Waals surface area (Å²) in [6, 6.07) is 8.51. The minimum atomic E-state index is -0.285. The maximum atomic E-state index is 13.2. The molecule has 0 N–H and O–H groups in total. The van der Waals surface area contributed by atoms with E-state index in [2.05, 4.69) is 20.9 Å². The summed E-state index contributed by atoms with van der Waals surface area (Å²) in [5.41, 5.74) is 0.782. The Labute approximate surface area is 101 Å². The summed E-state index contributed by atoms with van der Waals surface area (Å²) < 4.78 is 19.1. The summed E-state index contributed by atoms with van der Waals surface area (Å²) in [6.07, 6.45) is 3.29. The average molecular weight is 282 g/mol. The van der Waals surface area contributed by atoms with Gasteiger partial charge in [0.1, 0.15) is 18.2 Å². The summed E-state index contributed by atoms with van der Waals surface area (Å²) in [5.74, 6) is 0.387. The Morgan fingerprint density at radius 3 is 2.88 bits per heavy atom. The highest BCUT2D eigenvalue weighted by Crippen LogP contribution is 2.17. The molecule has 0 aliphatic carbocycles. The smallest absolute Gasteiger partial charge is 0.138 e. The Balaban J connectivity index is 2.03. The van der Waals surface area contributed by atoms with E-state index in [0.717, 1.165) is 5.56 Å². The van der Waals surface area contributed by atoms with Crippen molar-refractivity contribution in [1.82, 2.24) is 4.98 Å². The highest BCUT2D eigenvalue weighted by Gasteiger charge is 2.01. The molecule has 0 unspecified atom stereocenters. The van der Waals surface area contributed by atoms with E-state index in [-0.39, 0.29) is 5.82 Å². The van der Waals surface area contributed by atoms with E-state index in [1.807, 2.05) is 12.1 Å². The van der Waals surface area contributed by atoms with Crippen molar-refractivity contribution in [2.45, 2.75) is 6.61 Å². The molecule has 0 radical (unpaired) electrons. The Morgan fingerprint density at radius 2 is 2.19 bits per heavy atom. The normalized spacial score (nSPS) is 10.1. The van der Waals surface area contributed by atoms with Gasteiger partial charge in [-0.2, -0.15) is 0 Å². The van der Waals surface area contributed by atoms with Crippen molar-refractivity contribution in [2.75, 3.05) is 0 Å². The van der Waals surface area contributed by atoms with Crippen LogP contribution in [0.5, 0.6) is 5.75 Å². The molecule has 0 fully saturated rings. The first-order valence-corrected chi connectivity index (χ1v) is 5.52. The fraction of sp³-hybridized carbons (Fsp3) is 0.0833. The maximum Gasteiger partial charge on any atom is 0.138 e. The topological polar surface area (TPSA) is 22.1 Å². The van der Waals surface area contributed by atoms with E-state index in [0.29, 0.717) is 16.8 Å². The summed E-state index contributed by atoms with van der Waals surface area (Å²) in [4.78, 5) is 3.92. The maximum absolute atomic E-state index is 13.2. The number of hydrogen-bond donors (Lipinski definition) is 0. The number of pyridine rings is 1. The Kier molecular flexibility index (Phi) is 3.51. The van der Waals surface area contributed by atoms with Crippen LogP contribution >= 0.6 is 15.9 Å². The van der Waals surface area contributed by atoms with Crippen LogP contribution in [0.3, 0.4) is 0 Å². The van der Waals surface area contributed by atoms with Gasteiger partial charge in [-0.1, -0.05) is 6.07 Å². The van der Waals surface area contributed by atoms with Crippen molar-refractivity contribution in [3.05, 3.63) is 58.6 Å². The second-order valence-electron chi connectivity index (χ2n) is 3.23. The summed E-state index contributed by atoms with van der Waals surface area (Å²) in [5, 5.41) is 0. The molecule has 0 spiro atoms. The van der Waals surface area contributed by atoms with Gasteiger partial charge in [0.2, 0.25) is 0 Å². The van der Waals surface area contributed by atoms with E-state index in [9.17, 15) is 4.39 Å². The number of ether oxygens (including phenoxy) is 1. The van der Waals surface area contributed by atoms with Crippen LogP contribution in [0.15, 0.2) is 47.2 Å². The lowest BCUT2D eigenvalue weighted by atomic mass is 10.2. The molecule has 1 aromatic heterocycles. The molecule has 0 aliphatic rings. The average Bonchev–Trinajstić information content (AvgIpc) is 2.32. The molecule has 4 heteroatoms. The van der Waals surface area contributed by atoms with Crippen molar-refractivity contribution in [1.29, 1.82) is 0 Å². The fourth-order valence-corrected chi connectivity index (χ4v) is 1.48. The zero-order valence-electron chi connectivity index (χ0n) is 8.36. The quantitative estimate of drug-likeness (QED) is 0.858. The van der Waals surface area contributed by atoms with Crippen LogP contribution in [0.25, 0.3) is 0 Å². The van der Waals surface area contributed by atoms with Crippen molar-refractivity contribution in [3.8, 4) is 5.75 Å². The van der Waals surface area contributed by atoms with Gasteiger partial charge >= 0.3 is 0 Å². The SMILES string of the molecule is Fc1cc(COc2cccnc2)ccc1Br. The lowest BCUT2D eigenvalue weighted by Crippen LogP contribution is -1.96. The molecule has 0 saturated carbocycles. The first-order chi connectivity index (χ1) is 7.75. The minimum Gasteiger partial charge on any atom is -0.487 e. The summed E-state index contributed by atoms with van der Waals surface area (Å²) >= 11 is 3.10. The molecule has 82 valence electrons. The van der Waals surface area contributed by atoms with Crippen molar-refractivity contribution in [2.24, 2.45) is 0 Å². The molecular formula is C12H9BrFNO. The predicted octanol–water partition coefficient (Wildman–Crippen LogP) is 3.56. The number of aromatic nitrogens is 1. The van der Waals surface area contributed by atoms with Crippen LogP contribution in [-0.4, -0.2) is 4.98 Å². The van der Waals surface area contributed by atoms with Gasteiger partial charge in [-0.25, -0.2) is 4.39 Å². The first kappa shape index (κ1) is 11.1. The van der Waals surface area contributed by atoms with E-state index < -0.39 is 0 Å². The van der Waals surface area contributed by atoms with E-state index >= 15 is 0 Å². The standard InChI is InChI=1S/C12H9BrFNO/c13-11-4-3-9(6-12(11)14)8-16-10-2-1-5-15-7-10/h1-7H,8H2. The summed E-state index contributed by atoms with van der Waals surface area (Å²) in [6.45, 7) is 0.329. The van der Waals surface area contributed by atoms with Crippen LogP contribution in [0.1, 0.15) is 5.56 Å². The van der Waals surface area contributed by atoms with Gasteiger partial charge in [0.25, 0.3) is 0 Å². The van der Waals surface area contributed by atoms with Crippen molar-refractivity contribution >= 4 is 15.9 Å². The summed E-state index contributed by atoms with van der Waals surface area (Å²) in [7, 11) is 0. The lowest BCUT2D eigenvalue weighted by Gasteiger charge is -2.05. The molecule has 0 aliphatic heterocycles. The highest BCUT2D eigenvalue weighted by atomic mass is 79.9. The number of halogens is 2. The molecule has 0 atom stereocenters. The number of rotatable bonds is 3. The van der Waals surface area contributed by atoms with Crippen molar-refractivity contribution < 1.29 is 9.13 Å². The number of benzene rings is 1. The second kappa shape index (κ2) is 5.07. The zero-order chi connectivity index (χ0) is 11.4.